The Morgan fingerprint density at radius 3 is 2.38 bits per heavy atom. The first kappa shape index (κ1) is 23.9. The summed E-state index contributed by atoms with van der Waals surface area (Å²) in [5, 5.41) is 3.02. The van der Waals surface area contributed by atoms with Crippen LogP contribution in [0.2, 0.25) is 5.02 Å². The molecule has 2 aromatic carbocycles. The SMILES string of the molecule is CCN(CC)C(=O)COc1ccc(NC(=O)c2ccc(N3CCCS3(=O)=O)cc2)cc1Cl. The van der Waals surface area contributed by atoms with Crippen molar-refractivity contribution >= 4 is 44.8 Å². The molecule has 1 heterocycles. The van der Waals surface area contributed by atoms with Gasteiger partial charge in [0.1, 0.15) is 5.75 Å². The number of nitrogens with one attached hydrogen (secondary N) is 1. The van der Waals surface area contributed by atoms with Gasteiger partial charge in [-0.2, -0.15) is 0 Å². The number of anilines is 2. The van der Waals surface area contributed by atoms with Crippen molar-refractivity contribution in [2.75, 3.05) is 41.6 Å². The third-order valence-electron chi connectivity index (χ3n) is 5.17. The molecule has 8 nitrogen and oxygen atoms in total. The van der Waals surface area contributed by atoms with Crippen molar-refractivity contribution in [3.8, 4) is 5.75 Å². The summed E-state index contributed by atoms with van der Waals surface area (Å²) in [6.07, 6.45) is 0.592. The van der Waals surface area contributed by atoms with Crippen LogP contribution in [0.5, 0.6) is 5.75 Å². The fourth-order valence-corrected chi connectivity index (χ4v) is 5.21. The van der Waals surface area contributed by atoms with Gasteiger partial charge in [0.15, 0.2) is 6.61 Å². The number of ether oxygens (including phenoxy) is 1. The molecule has 2 amide bonds. The number of hydrogen-bond acceptors (Lipinski definition) is 5. The number of carbonyl (C=O) groups is 2. The molecule has 0 aliphatic carbocycles. The van der Waals surface area contributed by atoms with Crippen molar-refractivity contribution in [1.82, 2.24) is 4.90 Å². The lowest BCUT2D eigenvalue weighted by Gasteiger charge is -2.19. The third-order valence-corrected chi connectivity index (χ3v) is 7.34. The van der Waals surface area contributed by atoms with Crippen LogP contribution in [-0.4, -0.2) is 57.1 Å². The number of halogens is 1. The van der Waals surface area contributed by atoms with E-state index in [-0.39, 0.29) is 29.2 Å². The van der Waals surface area contributed by atoms with E-state index in [1.807, 2.05) is 13.8 Å². The molecule has 1 N–H and O–H groups in total. The van der Waals surface area contributed by atoms with E-state index in [1.165, 1.54) is 4.31 Å². The number of carbonyl (C=O) groups excluding carboxylic acids is 2. The predicted octanol–water partition coefficient (Wildman–Crippen LogP) is 3.38. The second-order valence-electron chi connectivity index (χ2n) is 7.24. The standard InChI is InChI=1S/C22H26ClN3O5S/c1-3-25(4-2)21(27)15-31-20-11-8-17(14-19(20)23)24-22(28)16-6-9-18(10-7-16)26-12-5-13-32(26,29)30/h6-11,14H,3-5,12-13,15H2,1-2H3,(H,24,28). The highest BCUT2D eigenvalue weighted by Crippen LogP contribution is 2.28. The lowest BCUT2D eigenvalue weighted by atomic mass is 10.2. The Labute approximate surface area is 193 Å². The maximum absolute atomic E-state index is 12.6. The molecule has 1 aliphatic heterocycles. The number of nitrogens with zero attached hydrogens (tertiary/aromatic N) is 2. The number of benzene rings is 2. The van der Waals surface area contributed by atoms with Gasteiger partial charge in [-0.05, 0) is 62.7 Å². The third kappa shape index (κ3) is 5.52. The van der Waals surface area contributed by atoms with Gasteiger partial charge in [-0.15, -0.1) is 0 Å². The van der Waals surface area contributed by atoms with Gasteiger partial charge in [-0.25, -0.2) is 8.42 Å². The molecule has 172 valence electrons. The Morgan fingerprint density at radius 2 is 1.81 bits per heavy atom. The predicted molar refractivity (Wildman–Crippen MR) is 125 cm³/mol. The minimum atomic E-state index is -3.27. The number of sulfonamides is 1. The van der Waals surface area contributed by atoms with Crippen molar-refractivity contribution in [1.29, 1.82) is 0 Å². The zero-order valence-corrected chi connectivity index (χ0v) is 19.6. The molecule has 10 heteroatoms. The van der Waals surface area contributed by atoms with E-state index in [1.54, 1.807) is 47.4 Å². The van der Waals surface area contributed by atoms with Crippen molar-refractivity contribution in [2.45, 2.75) is 20.3 Å². The molecule has 0 spiro atoms. The van der Waals surface area contributed by atoms with Crippen molar-refractivity contribution in [3.63, 3.8) is 0 Å². The highest BCUT2D eigenvalue weighted by molar-refractivity contribution is 7.93. The maximum atomic E-state index is 12.6. The Kier molecular flexibility index (Phi) is 7.63. The average Bonchev–Trinajstić information content (AvgIpc) is 3.13. The normalized spacial score (nSPS) is 14.8. The molecule has 0 bridgehead atoms. The lowest BCUT2D eigenvalue weighted by Crippen LogP contribution is -2.34. The van der Waals surface area contributed by atoms with Crippen LogP contribution in [0.25, 0.3) is 0 Å². The summed E-state index contributed by atoms with van der Waals surface area (Å²) < 4.78 is 30.9. The highest BCUT2D eigenvalue weighted by atomic mass is 35.5. The molecule has 0 aromatic heterocycles. The minimum absolute atomic E-state index is 0.119. The largest absolute Gasteiger partial charge is 0.482 e. The first-order valence-electron chi connectivity index (χ1n) is 10.4. The van der Waals surface area contributed by atoms with E-state index in [0.717, 1.165) is 0 Å². The highest BCUT2D eigenvalue weighted by Gasteiger charge is 2.28. The van der Waals surface area contributed by atoms with Crippen LogP contribution in [0, 0.1) is 0 Å². The first-order chi connectivity index (χ1) is 15.2. The summed E-state index contributed by atoms with van der Waals surface area (Å²) >= 11 is 6.25. The molecule has 0 atom stereocenters. The summed E-state index contributed by atoms with van der Waals surface area (Å²) in [5.41, 5.74) is 1.39. The second kappa shape index (κ2) is 10.2. The molecule has 3 rings (SSSR count). The van der Waals surface area contributed by atoms with Crippen molar-refractivity contribution in [2.24, 2.45) is 0 Å². The van der Waals surface area contributed by atoms with Crippen LogP contribution in [0.3, 0.4) is 0 Å². The zero-order chi connectivity index (χ0) is 23.3. The molecule has 0 radical (unpaired) electrons. The topological polar surface area (TPSA) is 96.0 Å². The number of hydrogen-bond donors (Lipinski definition) is 1. The summed E-state index contributed by atoms with van der Waals surface area (Å²) in [7, 11) is -3.27. The molecular weight excluding hydrogens is 454 g/mol. The lowest BCUT2D eigenvalue weighted by molar-refractivity contribution is -0.132. The fraction of sp³-hybridized carbons (Fsp3) is 0.364. The van der Waals surface area contributed by atoms with Crippen LogP contribution in [-0.2, 0) is 14.8 Å². The summed E-state index contributed by atoms with van der Waals surface area (Å²) in [6.45, 7) is 5.33. The van der Waals surface area contributed by atoms with Gasteiger partial charge in [0.2, 0.25) is 10.0 Å². The van der Waals surface area contributed by atoms with E-state index in [4.69, 9.17) is 16.3 Å². The molecule has 32 heavy (non-hydrogen) atoms. The van der Waals surface area contributed by atoms with E-state index < -0.39 is 10.0 Å². The number of rotatable bonds is 8. The van der Waals surface area contributed by atoms with Crippen LogP contribution >= 0.6 is 11.6 Å². The summed E-state index contributed by atoms with van der Waals surface area (Å²) in [4.78, 5) is 26.3. The Hall–Kier alpha value is -2.78. The van der Waals surface area contributed by atoms with Gasteiger partial charge in [-0.1, -0.05) is 11.6 Å². The molecule has 2 aromatic rings. The Morgan fingerprint density at radius 1 is 1.12 bits per heavy atom. The number of amides is 2. The van der Waals surface area contributed by atoms with E-state index in [0.29, 0.717) is 48.7 Å². The minimum Gasteiger partial charge on any atom is -0.482 e. The quantitative estimate of drug-likeness (QED) is 0.626. The number of likely N-dealkylation sites (N-methyl/N-ethyl adjacent to an activating group) is 1. The van der Waals surface area contributed by atoms with Gasteiger partial charge >= 0.3 is 0 Å². The Balaban J connectivity index is 1.61. The van der Waals surface area contributed by atoms with Crippen LogP contribution in [0.1, 0.15) is 30.6 Å². The van der Waals surface area contributed by atoms with Crippen LogP contribution in [0.4, 0.5) is 11.4 Å². The molecule has 1 fully saturated rings. The van der Waals surface area contributed by atoms with E-state index >= 15 is 0 Å². The van der Waals surface area contributed by atoms with Crippen molar-refractivity contribution in [3.05, 3.63) is 53.1 Å². The summed E-state index contributed by atoms with van der Waals surface area (Å²) in [6, 6.07) is 11.2. The fourth-order valence-electron chi connectivity index (χ4n) is 3.41. The molecule has 1 aliphatic rings. The average molecular weight is 480 g/mol. The Bertz CT molecular complexity index is 1090. The van der Waals surface area contributed by atoms with Gasteiger partial charge in [0, 0.05) is 30.9 Å². The van der Waals surface area contributed by atoms with Gasteiger partial charge in [-0.3, -0.25) is 13.9 Å². The van der Waals surface area contributed by atoms with Crippen LogP contribution < -0.4 is 14.4 Å². The van der Waals surface area contributed by atoms with E-state index in [9.17, 15) is 18.0 Å². The molecule has 0 saturated carbocycles. The van der Waals surface area contributed by atoms with Crippen LogP contribution in [0.15, 0.2) is 42.5 Å². The first-order valence-corrected chi connectivity index (χ1v) is 12.4. The zero-order valence-electron chi connectivity index (χ0n) is 18.0. The van der Waals surface area contributed by atoms with E-state index in [2.05, 4.69) is 5.32 Å². The van der Waals surface area contributed by atoms with Crippen molar-refractivity contribution < 1.29 is 22.7 Å². The summed E-state index contributed by atoms with van der Waals surface area (Å²) in [5.74, 6) is -0.00321. The monoisotopic (exact) mass is 479 g/mol. The van der Waals surface area contributed by atoms with Gasteiger partial charge < -0.3 is 15.0 Å². The van der Waals surface area contributed by atoms with Gasteiger partial charge in [0.25, 0.3) is 11.8 Å². The molecule has 0 unspecified atom stereocenters. The smallest absolute Gasteiger partial charge is 0.260 e. The second-order valence-corrected chi connectivity index (χ2v) is 9.66. The maximum Gasteiger partial charge on any atom is 0.260 e. The molecular formula is C22H26ClN3O5S. The van der Waals surface area contributed by atoms with Gasteiger partial charge in [0.05, 0.1) is 16.5 Å². The molecule has 1 saturated heterocycles.